The Morgan fingerprint density at radius 1 is 1.46 bits per heavy atom. The van der Waals surface area contributed by atoms with Crippen molar-refractivity contribution in [2.24, 2.45) is 0 Å². The minimum Gasteiger partial charge on any atom is -0.319 e. The number of nitrogens with one attached hydrogen (secondary N) is 1. The molecule has 0 aromatic carbocycles. The number of hydrogen-bond acceptors (Lipinski definition) is 2. The molecular weight excluding hydrogens is 160 g/mol. The molecular formula is C11H22N2. The summed E-state index contributed by atoms with van der Waals surface area (Å²) >= 11 is 0. The predicted octanol–water partition coefficient (Wildman–Crippen LogP) is 1.64. The quantitative estimate of drug-likeness (QED) is 0.525. The maximum Gasteiger partial charge on any atom is 0.0275 e. The summed E-state index contributed by atoms with van der Waals surface area (Å²) < 4.78 is 0. The summed E-state index contributed by atoms with van der Waals surface area (Å²) in [5.41, 5.74) is 0. The average Bonchev–Trinajstić information content (AvgIpc) is 2.15. The maximum atomic E-state index is 3.15. The van der Waals surface area contributed by atoms with E-state index in [4.69, 9.17) is 0 Å². The summed E-state index contributed by atoms with van der Waals surface area (Å²) in [5.74, 6) is 0. The summed E-state index contributed by atoms with van der Waals surface area (Å²) in [7, 11) is 4.23. The molecule has 0 saturated carbocycles. The number of likely N-dealkylation sites (tertiary alicyclic amines) is 1. The number of hydrogen-bond donors (Lipinski definition) is 1. The molecule has 0 amide bonds. The van der Waals surface area contributed by atoms with Gasteiger partial charge in [-0.3, -0.25) is 4.90 Å². The van der Waals surface area contributed by atoms with Gasteiger partial charge in [0.1, 0.15) is 0 Å². The fourth-order valence-corrected chi connectivity index (χ4v) is 1.83. The Morgan fingerprint density at radius 3 is 3.00 bits per heavy atom. The molecule has 0 bridgehead atoms. The van der Waals surface area contributed by atoms with Crippen LogP contribution in [0, 0.1) is 0 Å². The zero-order valence-electron chi connectivity index (χ0n) is 8.92. The second-order valence-corrected chi connectivity index (χ2v) is 3.86. The van der Waals surface area contributed by atoms with Crippen molar-refractivity contribution in [1.29, 1.82) is 0 Å². The summed E-state index contributed by atoms with van der Waals surface area (Å²) in [6.45, 7) is 2.36. The number of piperidine rings is 1. The van der Waals surface area contributed by atoms with Gasteiger partial charge in [0, 0.05) is 6.04 Å². The van der Waals surface area contributed by atoms with E-state index in [-0.39, 0.29) is 0 Å². The van der Waals surface area contributed by atoms with Gasteiger partial charge in [0.2, 0.25) is 0 Å². The fourth-order valence-electron chi connectivity index (χ4n) is 1.83. The average molecular weight is 182 g/mol. The second kappa shape index (κ2) is 6.17. The number of rotatable bonds is 4. The van der Waals surface area contributed by atoms with E-state index in [1.807, 2.05) is 7.05 Å². The SMILES string of the molecule is CNCC/C=C\C1CCCCN1C. The first-order valence-electron chi connectivity index (χ1n) is 5.36. The monoisotopic (exact) mass is 182 g/mol. The highest BCUT2D eigenvalue weighted by Gasteiger charge is 2.14. The summed E-state index contributed by atoms with van der Waals surface area (Å²) in [6, 6.07) is 0.700. The predicted molar refractivity (Wildman–Crippen MR) is 58.0 cm³/mol. The topological polar surface area (TPSA) is 15.3 Å². The van der Waals surface area contributed by atoms with Gasteiger partial charge in [0.25, 0.3) is 0 Å². The van der Waals surface area contributed by atoms with Crippen LogP contribution in [-0.4, -0.2) is 38.1 Å². The van der Waals surface area contributed by atoms with Gasteiger partial charge in [0.05, 0.1) is 0 Å². The van der Waals surface area contributed by atoms with Gasteiger partial charge in [-0.25, -0.2) is 0 Å². The normalized spacial score (nSPS) is 25.5. The lowest BCUT2D eigenvalue weighted by Gasteiger charge is -2.30. The molecule has 1 saturated heterocycles. The largest absolute Gasteiger partial charge is 0.319 e. The van der Waals surface area contributed by atoms with Crippen LogP contribution in [0.5, 0.6) is 0 Å². The van der Waals surface area contributed by atoms with Crippen molar-refractivity contribution < 1.29 is 0 Å². The number of nitrogens with zero attached hydrogens (tertiary/aromatic N) is 1. The van der Waals surface area contributed by atoms with Crippen LogP contribution in [0.15, 0.2) is 12.2 Å². The maximum absolute atomic E-state index is 3.15. The first-order chi connectivity index (χ1) is 6.34. The minimum atomic E-state index is 0.700. The van der Waals surface area contributed by atoms with Crippen LogP contribution >= 0.6 is 0 Å². The van der Waals surface area contributed by atoms with Crippen molar-refractivity contribution in [2.45, 2.75) is 31.7 Å². The smallest absolute Gasteiger partial charge is 0.0275 e. The number of likely N-dealkylation sites (N-methyl/N-ethyl adjacent to an activating group) is 1. The zero-order valence-corrected chi connectivity index (χ0v) is 8.92. The molecule has 1 unspecified atom stereocenters. The van der Waals surface area contributed by atoms with Crippen LogP contribution in [0.4, 0.5) is 0 Å². The highest BCUT2D eigenvalue weighted by Crippen LogP contribution is 2.15. The van der Waals surface area contributed by atoms with Gasteiger partial charge in [-0.15, -0.1) is 0 Å². The van der Waals surface area contributed by atoms with Crippen molar-refractivity contribution >= 4 is 0 Å². The Labute approximate surface area is 82.0 Å². The van der Waals surface area contributed by atoms with Crippen LogP contribution < -0.4 is 5.32 Å². The first-order valence-corrected chi connectivity index (χ1v) is 5.36. The molecule has 0 aromatic rings. The Kier molecular flexibility index (Phi) is 5.09. The van der Waals surface area contributed by atoms with E-state index < -0.39 is 0 Å². The third kappa shape index (κ3) is 3.92. The molecule has 1 aliphatic rings. The highest BCUT2D eigenvalue weighted by atomic mass is 15.1. The van der Waals surface area contributed by atoms with Crippen molar-refractivity contribution in [2.75, 3.05) is 27.2 Å². The summed E-state index contributed by atoms with van der Waals surface area (Å²) in [6.07, 6.45) is 9.94. The Hall–Kier alpha value is -0.340. The lowest BCUT2D eigenvalue weighted by Crippen LogP contribution is -2.34. The van der Waals surface area contributed by atoms with E-state index in [0.29, 0.717) is 6.04 Å². The van der Waals surface area contributed by atoms with Crippen molar-refractivity contribution in [1.82, 2.24) is 10.2 Å². The van der Waals surface area contributed by atoms with Gasteiger partial charge >= 0.3 is 0 Å². The molecule has 1 heterocycles. The second-order valence-electron chi connectivity index (χ2n) is 3.86. The first kappa shape index (κ1) is 10.7. The van der Waals surface area contributed by atoms with Gasteiger partial charge in [0.15, 0.2) is 0 Å². The molecule has 1 N–H and O–H groups in total. The molecule has 76 valence electrons. The Bertz CT molecular complexity index is 154. The molecule has 1 atom stereocenters. The molecule has 1 rings (SSSR count). The van der Waals surface area contributed by atoms with Gasteiger partial charge < -0.3 is 5.32 Å². The lowest BCUT2D eigenvalue weighted by molar-refractivity contribution is 0.222. The van der Waals surface area contributed by atoms with Gasteiger partial charge in [-0.1, -0.05) is 18.6 Å². The van der Waals surface area contributed by atoms with Crippen LogP contribution in [0.25, 0.3) is 0 Å². The molecule has 2 heteroatoms. The third-order valence-corrected chi connectivity index (χ3v) is 2.75. The van der Waals surface area contributed by atoms with Crippen molar-refractivity contribution in [3.05, 3.63) is 12.2 Å². The standard InChI is InChI=1S/C11H22N2/c1-12-9-5-3-7-11-8-4-6-10-13(11)2/h3,7,11-12H,4-6,8-10H2,1-2H3/b7-3-. The van der Waals surface area contributed by atoms with Gasteiger partial charge in [-0.2, -0.15) is 0 Å². The molecule has 2 nitrogen and oxygen atoms in total. The van der Waals surface area contributed by atoms with E-state index in [9.17, 15) is 0 Å². The fraction of sp³-hybridized carbons (Fsp3) is 0.818. The minimum absolute atomic E-state index is 0.700. The van der Waals surface area contributed by atoms with Crippen molar-refractivity contribution in [3.63, 3.8) is 0 Å². The van der Waals surface area contributed by atoms with E-state index >= 15 is 0 Å². The van der Waals surface area contributed by atoms with Crippen LogP contribution in [-0.2, 0) is 0 Å². The molecule has 0 aromatic heterocycles. The lowest BCUT2D eigenvalue weighted by atomic mass is 10.0. The van der Waals surface area contributed by atoms with Crippen LogP contribution in [0.3, 0.4) is 0 Å². The van der Waals surface area contributed by atoms with Gasteiger partial charge in [-0.05, 0) is 46.4 Å². The molecule has 1 fully saturated rings. The van der Waals surface area contributed by atoms with Crippen LogP contribution in [0.1, 0.15) is 25.7 Å². The molecule has 0 radical (unpaired) electrons. The van der Waals surface area contributed by atoms with Crippen molar-refractivity contribution in [3.8, 4) is 0 Å². The highest BCUT2D eigenvalue weighted by molar-refractivity contribution is 4.95. The Balaban J connectivity index is 2.21. The summed E-state index contributed by atoms with van der Waals surface area (Å²) in [5, 5.41) is 3.15. The molecule has 1 aliphatic heterocycles. The van der Waals surface area contributed by atoms with E-state index in [2.05, 4.69) is 29.4 Å². The molecule has 0 aliphatic carbocycles. The summed E-state index contributed by atoms with van der Waals surface area (Å²) in [4.78, 5) is 2.46. The van der Waals surface area contributed by atoms with E-state index in [1.54, 1.807) is 0 Å². The molecule has 0 spiro atoms. The zero-order chi connectivity index (χ0) is 9.52. The van der Waals surface area contributed by atoms with E-state index in [0.717, 1.165) is 13.0 Å². The van der Waals surface area contributed by atoms with E-state index in [1.165, 1.54) is 25.8 Å². The molecule has 13 heavy (non-hydrogen) atoms. The van der Waals surface area contributed by atoms with Crippen LogP contribution in [0.2, 0.25) is 0 Å². The third-order valence-electron chi connectivity index (χ3n) is 2.75. The Morgan fingerprint density at radius 2 is 2.31 bits per heavy atom.